The van der Waals surface area contributed by atoms with Crippen molar-refractivity contribution in [2.24, 2.45) is 0 Å². The van der Waals surface area contributed by atoms with E-state index in [1.807, 2.05) is 20.8 Å². The van der Waals surface area contributed by atoms with Crippen LogP contribution >= 0.6 is 22.7 Å². The van der Waals surface area contributed by atoms with Gasteiger partial charge in [-0.05, 0) is 32.8 Å². The lowest BCUT2D eigenvalue weighted by Gasteiger charge is -2.14. The van der Waals surface area contributed by atoms with Crippen molar-refractivity contribution in [3.63, 3.8) is 0 Å². The number of amides is 1. The van der Waals surface area contributed by atoms with Crippen molar-refractivity contribution in [1.82, 2.24) is 20.3 Å². The number of nitrogens with one attached hydrogen (secondary N) is 2. The summed E-state index contributed by atoms with van der Waals surface area (Å²) in [7, 11) is 0. The first-order valence-corrected chi connectivity index (χ1v) is 9.27. The topological polar surface area (TPSA) is 87.7 Å². The molecule has 24 heavy (non-hydrogen) atoms. The normalized spacial score (nSPS) is 12.5. The largest absolute Gasteiger partial charge is 0.342 e. The zero-order chi connectivity index (χ0) is 17.4. The van der Waals surface area contributed by atoms with Gasteiger partial charge < -0.3 is 10.3 Å². The van der Waals surface area contributed by atoms with Gasteiger partial charge in [-0.15, -0.1) is 22.7 Å². The third-order valence-electron chi connectivity index (χ3n) is 4.00. The minimum absolute atomic E-state index is 0.134. The van der Waals surface area contributed by atoms with Crippen LogP contribution in [0.1, 0.15) is 50.2 Å². The summed E-state index contributed by atoms with van der Waals surface area (Å²) in [6.07, 6.45) is 2.11. The van der Waals surface area contributed by atoms with E-state index in [0.717, 1.165) is 22.0 Å². The molecule has 0 aromatic carbocycles. The maximum Gasteiger partial charge on any atom is 0.262 e. The van der Waals surface area contributed by atoms with Crippen molar-refractivity contribution in [2.45, 2.75) is 40.2 Å². The van der Waals surface area contributed by atoms with E-state index in [2.05, 4.69) is 20.3 Å². The number of H-pyrrole nitrogens is 1. The number of hydrogen-bond acceptors (Lipinski definition) is 6. The van der Waals surface area contributed by atoms with Crippen LogP contribution in [0.3, 0.4) is 0 Å². The second-order valence-corrected chi connectivity index (χ2v) is 7.83. The Balaban J connectivity index is 1.93. The lowest BCUT2D eigenvalue weighted by molar-refractivity contribution is 0.0939. The molecule has 0 bridgehead atoms. The molecule has 0 aliphatic carbocycles. The molecule has 0 saturated heterocycles. The third kappa shape index (κ3) is 2.87. The molecule has 1 atom stereocenters. The van der Waals surface area contributed by atoms with E-state index in [1.54, 1.807) is 18.3 Å². The maximum absolute atomic E-state index is 12.7. The van der Waals surface area contributed by atoms with Gasteiger partial charge in [0.05, 0.1) is 28.3 Å². The molecule has 0 radical (unpaired) electrons. The zero-order valence-corrected chi connectivity index (χ0v) is 15.5. The van der Waals surface area contributed by atoms with Crippen molar-refractivity contribution in [1.29, 1.82) is 0 Å². The number of carbonyl (C=O) groups is 1. The first-order valence-electron chi connectivity index (χ1n) is 7.64. The summed E-state index contributed by atoms with van der Waals surface area (Å²) in [5, 5.41) is 4.44. The molecule has 2 N–H and O–H groups in total. The Bertz CT molecular complexity index is 951. The Morgan fingerprint density at radius 1 is 1.33 bits per heavy atom. The molecule has 0 saturated carbocycles. The minimum Gasteiger partial charge on any atom is -0.342 e. The van der Waals surface area contributed by atoms with Crippen LogP contribution in [0.15, 0.2) is 11.1 Å². The molecule has 1 unspecified atom stereocenters. The van der Waals surface area contributed by atoms with E-state index in [1.165, 1.54) is 17.7 Å². The Kier molecular flexibility index (Phi) is 4.51. The van der Waals surface area contributed by atoms with E-state index >= 15 is 0 Å². The van der Waals surface area contributed by atoms with Crippen molar-refractivity contribution < 1.29 is 4.79 Å². The maximum atomic E-state index is 12.7. The van der Waals surface area contributed by atoms with E-state index in [9.17, 15) is 9.59 Å². The summed E-state index contributed by atoms with van der Waals surface area (Å²) >= 11 is 2.85. The number of thiazole rings is 1. The number of carbonyl (C=O) groups excluding carboxylic acids is 1. The van der Waals surface area contributed by atoms with Crippen molar-refractivity contribution in [3.8, 4) is 0 Å². The molecule has 6 nitrogen and oxygen atoms in total. The van der Waals surface area contributed by atoms with Crippen LogP contribution in [0, 0.1) is 20.8 Å². The van der Waals surface area contributed by atoms with Gasteiger partial charge in [0.1, 0.15) is 9.84 Å². The van der Waals surface area contributed by atoms with E-state index < -0.39 is 0 Å². The molecule has 0 aliphatic rings. The summed E-state index contributed by atoms with van der Waals surface area (Å²) in [5.41, 5.74) is 1.45. The Labute approximate surface area is 147 Å². The van der Waals surface area contributed by atoms with Gasteiger partial charge in [-0.25, -0.2) is 9.97 Å². The third-order valence-corrected chi connectivity index (χ3v) is 6.38. The van der Waals surface area contributed by atoms with Gasteiger partial charge in [0.25, 0.3) is 11.5 Å². The number of thiophene rings is 1. The van der Waals surface area contributed by atoms with Crippen LogP contribution < -0.4 is 10.9 Å². The molecule has 3 heterocycles. The standard InChI is InChI=1S/C16H18N4O2S2/c1-5-10(15-19-8(3)9(4)23-15)20-14(22)12-7(2)11-13(21)17-6-18-16(11)24-12/h6,10H,5H2,1-4H3,(H,20,22)(H,17,18,21). The number of hydrogen-bond donors (Lipinski definition) is 2. The van der Waals surface area contributed by atoms with Gasteiger partial charge in [-0.2, -0.15) is 0 Å². The Hall–Kier alpha value is -2.06. The smallest absolute Gasteiger partial charge is 0.262 e. The predicted molar refractivity (Wildman–Crippen MR) is 97.1 cm³/mol. The summed E-state index contributed by atoms with van der Waals surface area (Å²) in [6, 6.07) is -0.134. The summed E-state index contributed by atoms with van der Waals surface area (Å²) in [4.78, 5) is 38.2. The average Bonchev–Trinajstić information content (AvgIpc) is 3.06. The van der Waals surface area contributed by atoms with Crippen LogP contribution in [-0.2, 0) is 0 Å². The summed E-state index contributed by atoms with van der Waals surface area (Å²) in [6.45, 7) is 7.79. The molecule has 0 spiro atoms. The number of aromatic amines is 1. The number of aryl methyl sites for hydroxylation is 3. The second-order valence-electron chi connectivity index (χ2n) is 5.60. The van der Waals surface area contributed by atoms with Gasteiger partial charge in [-0.1, -0.05) is 6.92 Å². The first kappa shape index (κ1) is 16.8. The highest BCUT2D eigenvalue weighted by atomic mass is 32.1. The number of fused-ring (bicyclic) bond motifs is 1. The number of rotatable bonds is 4. The van der Waals surface area contributed by atoms with Crippen molar-refractivity contribution in [3.05, 3.63) is 42.7 Å². The highest BCUT2D eigenvalue weighted by molar-refractivity contribution is 7.20. The zero-order valence-electron chi connectivity index (χ0n) is 13.9. The van der Waals surface area contributed by atoms with Gasteiger partial charge in [0.2, 0.25) is 0 Å². The first-order chi connectivity index (χ1) is 11.4. The van der Waals surface area contributed by atoms with Crippen LogP contribution in [0.4, 0.5) is 0 Å². The predicted octanol–water partition coefficient (Wildman–Crippen LogP) is 3.25. The SMILES string of the molecule is CCC(NC(=O)c1sc2nc[nH]c(=O)c2c1C)c1nc(C)c(C)s1. The van der Waals surface area contributed by atoms with Crippen LogP contribution in [-0.4, -0.2) is 20.9 Å². The van der Waals surface area contributed by atoms with E-state index in [-0.39, 0.29) is 17.5 Å². The molecule has 1 amide bonds. The fourth-order valence-corrected chi connectivity index (χ4v) is 4.61. The quantitative estimate of drug-likeness (QED) is 0.746. The number of aromatic nitrogens is 3. The molecule has 3 aromatic rings. The second kappa shape index (κ2) is 6.45. The minimum atomic E-state index is -0.217. The summed E-state index contributed by atoms with van der Waals surface area (Å²) < 4.78 is 0. The fraction of sp³-hybridized carbons (Fsp3) is 0.375. The van der Waals surface area contributed by atoms with Crippen molar-refractivity contribution in [2.75, 3.05) is 0 Å². The van der Waals surface area contributed by atoms with Crippen LogP contribution in [0.2, 0.25) is 0 Å². The monoisotopic (exact) mass is 362 g/mol. The molecule has 0 aliphatic heterocycles. The highest BCUT2D eigenvalue weighted by Gasteiger charge is 2.22. The van der Waals surface area contributed by atoms with Crippen molar-refractivity contribution >= 4 is 38.8 Å². The molecule has 126 valence electrons. The molecule has 3 aromatic heterocycles. The van der Waals surface area contributed by atoms with Crippen LogP contribution in [0.5, 0.6) is 0 Å². The number of nitrogens with zero attached hydrogens (tertiary/aromatic N) is 2. The average molecular weight is 362 g/mol. The highest BCUT2D eigenvalue weighted by Crippen LogP contribution is 2.29. The summed E-state index contributed by atoms with van der Waals surface area (Å²) in [5.74, 6) is -0.188. The van der Waals surface area contributed by atoms with Gasteiger partial charge in [0, 0.05) is 4.88 Å². The van der Waals surface area contributed by atoms with Gasteiger partial charge in [0.15, 0.2) is 0 Å². The lowest BCUT2D eigenvalue weighted by atomic mass is 10.2. The molecular formula is C16H18N4O2S2. The fourth-order valence-electron chi connectivity index (χ4n) is 2.50. The molecular weight excluding hydrogens is 344 g/mol. The van der Waals surface area contributed by atoms with Gasteiger partial charge >= 0.3 is 0 Å². The molecule has 0 fully saturated rings. The van der Waals surface area contributed by atoms with E-state index in [4.69, 9.17) is 0 Å². The lowest BCUT2D eigenvalue weighted by Crippen LogP contribution is -2.28. The van der Waals surface area contributed by atoms with Gasteiger partial charge in [-0.3, -0.25) is 9.59 Å². The van der Waals surface area contributed by atoms with E-state index in [0.29, 0.717) is 20.7 Å². The van der Waals surface area contributed by atoms with Crippen LogP contribution in [0.25, 0.3) is 10.2 Å². The molecule has 8 heteroatoms. The Morgan fingerprint density at radius 2 is 2.08 bits per heavy atom. The Morgan fingerprint density at radius 3 is 2.67 bits per heavy atom. The molecule has 3 rings (SSSR count).